The van der Waals surface area contributed by atoms with Gasteiger partial charge in [0.1, 0.15) is 0 Å². The van der Waals surface area contributed by atoms with Gasteiger partial charge in [0, 0.05) is 18.5 Å². The summed E-state index contributed by atoms with van der Waals surface area (Å²) in [5, 5.41) is 0.984. The Hall–Kier alpha value is -0.900. The number of nitrogens with zero attached hydrogens (tertiary/aromatic N) is 2. The van der Waals surface area contributed by atoms with E-state index in [0.717, 1.165) is 41.5 Å². The molecule has 0 N–H and O–H groups in total. The Kier molecular flexibility index (Phi) is 5.32. The summed E-state index contributed by atoms with van der Waals surface area (Å²) in [6.07, 6.45) is 3.28. The Bertz CT molecular complexity index is 393. The second-order valence-electron chi connectivity index (χ2n) is 5.51. The molecule has 0 bridgehead atoms. The molecule has 0 saturated carbocycles. The first-order valence-corrected chi connectivity index (χ1v) is 7.47. The van der Waals surface area contributed by atoms with Gasteiger partial charge in [-0.1, -0.05) is 45.5 Å². The molecule has 0 aliphatic heterocycles. The van der Waals surface area contributed by atoms with Gasteiger partial charge >= 0.3 is 0 Å². The zero-order valence-electron chi connectivity index (χ0n) is 12.1. The van der Waals surface area contributed by atoms with Gasteiger partial charge in [0.05, 0.1) is 10.6 Å². The average Bonchev–Trinajstić information content (AvgIpc) is 2.74. The standard InChI is InChI=1S/C14H24N2OS/c1-6-8-9-16(7-2)13-15-12(14(3,4)5)11(10-17)18-13/h10H,6-9H2,1-5H3. The van der Waals surface area contributed by atoms with E-state index in [1.165, 1.54) is 17.8 Å². The highest BCUT2D eigenvalue weighted by Crippen LogP contribution is 2.32. The molecule has 0 radical (unpaired) electrons. The molecular weight excluding hydrogens is 244 g/mol. The van der Waals surface area contributed by atoms with Crippen LogP contribution in [0.1, 0.15) is 62.8 Å². The largest absolute Gasteiger partial charge is 0.348 e. The number of thiazole rings is 1. The van der Waals surface area contributed by atoms with Crippen molar-refractivity contribution in [2.75, 3.05) is 18.0 Å². The minimum absolute atomic E-state index is 0.0742. The topological polar surface area (TPSA) is 33.2 Å². The summed E-state index contributed by atoms with van der Waals surface area (Å²) in [4.78, 5) is 18.9. The molecule has 0 spiro atoms. The maximum atomic E-state index is 11.2. The van der Waals surface area contributed by atoms with Crippen LogP contribution in [0.25, 0.3) is 0 Å². The molecule has 3 nitrogen and oxygen atoms in total. The van der Waals surface area contributed by atoms with E-state index in [9.17, 15) is 4.79 Å². The number of anilines is 1. The Morgan fingerprint density at radius 2 is 2.00 bits per heavy atom. The number of unbranched alkanes of at least 4 members (excludes halogenated alkanes) is 1. The fourth-order valence-corrected chi connectivity index (χ4v) is 2.99. The van der Waals surface area contributed by atoms with Gasteiger partial charge in [-0.25, -0.2) is 4.98 Å². The van der Waals surface area contributed by atoms with Crippen molar-refractivity contribution in [2.45, 2.75) is 52.9 Å². The van der Waals surface area contributed by atoms with E-state index in [1.54, 1.807) is 0 Å². The normalized spacial score (nSPS) is 11.6. The smallest absolute Gasteiger partial charge is 0.186 e. The lowest BCUT2D eigenvalue weighted by molar-refractivity contribution is 0.112. The summed E-state index contributed by atoms with van der Waals surface area (Å²) < 4.78 is 0. The molecule has 0 aliphatic carbocycles. The molecule has 0 atom stereocenters. The lowest BCUT2D eigenvalue weighted by atomic mass is 9.91. The number of aromatic nitrogens is 1. The van der Waals surface area contributed by atoms with Crippen LogP contribution in [0.5, 0.6) is 0 Å². The Labute approximate surface area is 114 Å². The molecule has 18 heavy (non-hydrogen) atoms. The van der Waals surface area contributed by atoms with Crippen LogP contribution in [0.4, 0.5) is 5.13 Å². The first kappa shape index (κ1) is 15.2. The molecule has 1 aromatic rings. The maximum absolute atomic E-state index is 11.2. The van der Waals surface area contributed by atoms with Crippen LogP contribution in [0.2, 0.25) is 0 Å². The summed E-state index contributed by atoms with van der Waals surface area (Å²) in [6.45, 7) is 12.6. The number of hydrogen-bond donors (Lipinski definition) is 0. The molecule has 0 saturated heterocycles. The average molecular weight is 268 g/mol. The van der Waals surface area contributed by atoms with Crippen LogP contribution in [-0.4, -0.2) is 24.4 Å². The zero-order chi connectivity index (χ0) is 13.8. The highest BCUT2D eigenvalue weighted by molar-refractivity contribution is 7.17. The fraction of sp³-hybridized carbons (Fsp3) is 0.714. The highest BCUT2D eigenvalue weighted by Gasteiger charge is 2.24. The van der Waals surface area contributed by atoms with Crippen molar-refractivity contribution < 1.29 is 4.79 Å². The van der Waals surface area contributed by atoms with Crippen molar-refractivity contribution in [3.8, 4) is 0 Å². The van der Waals surface area contributed by atoms with E-state index in [0.29, 0.717) is 0 Å². The van der Waals surface area contributed by atoms with E-state index >= 15 is 0 Å². The van der Waals surface area contributed by atoms with Crippen LogP contribution in [0, 0.1) is 0 Å². The van der Waals surface area contributed by atoms with Crippen molar-refractivity contribution >= 4 is 22.8 Å². The molecule has 1 aromatic heterocycles. The molecule has 0 aromatic carbocycles. The summed E-state index contributed by atoms with van der Waals surface area (Å²) in [5.41, 5.74) is 0.849. The highest BCUT2D eigenvalue weighted by atomic mass is 32.1. The van der Waals surface area contributed by atoms with Crippen molar-refractivity contribution in [1.82, 2.24) is 4.98 Å². The lowest BCUT2D eigenvalue weighted by Crippen LogP contribution is -2.24. The van der Waals surface area contributed by atoms with E-state index in [1.807, 2.05) is 0 Å². The molecule has 102 valence electrons. The fourth-order valence-electron chi connectivity index (χ4n) is 1.81. The van der Waals surface area contributed by atoms with Gasteiger partial charge in [0.15, 0.2) is 11.4 Å². The van der Waals surface area contributed by atoms with E-state index in [-0.39, 0.29) is 5.41 Å². The number of carbonyl (C=O) groups is 1. The first-order valence-electron chi connectivity index (χ1n) is 6.65. The number of carbonyl (C=O) groups excluding carboxylic acids is 1. The van der Waals surface area contributed by atoms with Crippen molar-refractivity contribution in [2.24, 2.45) is 0 Å². The van der Waals surface area contributed by atoms with Gasteiger partial charge in [0.2, 0.25) is 0 Å². The summed E-state index contributed by atoms with van der Waals surface area (Å²) >= 11 is 1.52. The molecule has 0 amide bonds. The Morgan fingerprint density at radius 3 is 2.39 bits per heavy atom. The Morgan fingerprint density at radius 1 is 1.33 bits per heavy atom. The minimum Gasteiger partial charge on any atom is -0.348 e. The second-order valence-corrected chi connectivity index (χ2v) is 6.52. The molecule has 0 unspecified atom stereocenters. The van der Waals surface area contributed by atoms with E-state index in [4.69, 9.17) is 0 Å². The maximum Gasteiger partial charge on any atom is 0.186 e. The van der Waals surface area contributed by atoms with Crippen LogP contribution in [0.3, 0.4) is 0 Å². The quantitative estimate of drug-likeness (QED) is 0.734. The van der Waals surface area contributed by atoms with Gasteiger partial charge in [-0.05, 0) is 13.3 Å². The first-order chi connectivity index (χ1) is 8.43. The third kappa shape index (κ3) is 3.55. The van der Waals surface area contributed by atoms with Gasteiger partial charge in [0.25, 0.3) is 0 Å². The molecule has 4 heteroatoms. The van der Waals surface area contributed by atoms with Crippen LogP contribution in [-0.2, 0) is 5.41 Å². The monoisotopic (exact) mass is 268 g/mol. The predicted molar refractivity (Wildman–Crippen MR) is 79.0 cm³/mol. The molecule has 0 aliphatic rings. The minimum atomic E-state index is -0.0742. The second kappa shape index (κ2) is 6.32. The van der Waals surface area contributed by atoms with Gasteiger partial charge in [-0.15, -0.1) is 0 Å². The number of aldehydes is 1. The van der Waals surface area contributed by atoms with E-state index in [2.05, 4.69) is 44.5 Å². The van der Waals surface area contributed by atoms with Crippen molar-refractivity contribution in [1.29, 1.82) is 0 Å². The summed E-state index contributed by atoms with van der Waals surface area (Å²) in [6, 6.07) is 0. The summed E-state index contributed by atoms with van der Waals surface area (Å²) in [7, 11) is 0. The molecule has 0 fully saturated rings. The van der Waals surface area contributed by atoms with Crippen molar-refractivity contribution in [3.05, 3.63) is 10.6 Å². The SMILES string of the molecule is CCCCN(CC)c1nc(C(C)(C)C)c(C=O)s1. The molecule has 1 rings (SSSR count). The number of hydrogen-bond acceptors (Lipinski definition) is 4. The van der Waals surface area contributed by atoms with Gasteiger partial charge in [-0.2, -0.15) is 0 Å². The summed E-state index contributed by atoms with van der Waals surface area (Å²) in [5.74, 6) is 0. The van der Waals surface area contributed by atoms with Crippen molar-refractivity contribution in [3.63, 3.8) is 0 Å². The molecular formula is C14H24N2OS. The van der Waals surface area contributed by atoms with E-state index < -0.39 is 0 Å². The third-order valence-corrected chi connectivity index (χ3v) is 3.93. The predicted octanol–water partition coefficient (Wildman–Crippen LogP) is 3.88. The Balaban J connectivity index is 3.03. The van der Waals surface area contributed by atoms with Gasteiger partial charge in [-0.3, -0.25) is 4.79 Å². The lowest BCUT2D eigenvalue weighted by Gasteiger charge is -2.20. The zero-order valence-corrected chi connectivity index (χ0v) is 12.9. The van der Waals surface area contributed by atoms with Crippen LogP contribution >= 0.6 is 11.3 Å². The van der Waals surface area contributed by atoms with Crippen LogP contribution in [0.15, 0.2) is 0 Å². The van der Waals surface area contributed by atoms with Gasteiger partial charge < -0.3 is 4.90 Å². The van der Waals surface area contributed by atoms with Crippen LogP contribution < -0.4 is 4.90 Å². The molecule has 1 heterocycles. The third-order valence-electron chi connectivity index (χ3n) is 2.89. The number of rotatable bonds is 6.